The summed E-state index contributed by atoms with van der Waals surface area (Å²) in [4.78, 5) is 12.4. The Bertz CT molecular complexity index is 969. The molecule has 3 aliphatic rings. The number of ether oxygens (including phenoxy) is 1. The average Bonchev–Trinajstić information content (AvgIpc) is 3.29. The molecule has 1 saturated carbocycles. The second kappa shape index (κ2) is 7.12. The Balaban J connectivity index is 1.15. The molecule has 28 heavy (non-hydrogen) atoms. The van der Waals surface area contributed by atoms with Gasteiger partial charge in [-0.2, -0.15) is 0 Å². The minimum Gasteiger partial charge on any atom is -0.380 e. The molecule has 0 atom stereocenters. The molecule has 1 saturated heterocycles. The molecule has 1 amide bonds. The normalized spacial score (nSPS) is 25.3. The summed E-state index contributed by atoms with van der Waals surface area (Å²) in [5.41, 5.74) is 2.29. The van der Waals surface area contributed by atoms with Crippen molar-refractivity contribution in [3.8, 4) is 11.3 Å². The molecular formula is C20H20N5O3+. The maximum atomic E-state index is 12.4. The lowest BCUT2D eigenvalue weighted by Crippen LogP contribution is -2.45. The number of nitrogens with one attached hydrogen (secondary N) is 1. The SMILES string of the molecule is O=C(NC1CC(/C=[N+]2\N=NC=C2C2COC2)C1)c1cc(-c2ccccc2)on1. The monoisotopic (exact) mass is 378 g/mol. The van der Waals surface area contributed by atoms with Crippen LogP contribution in [0.4, 0.5) is 0 Å². The van der Waals surface area contributed by atoms with Crippen molar-refractivity contribution >= 4 is 12.1 Å². The van der Waals surface area contributed by atoms with E-state index in [4.69, 9.17) is 9.26 Å². The lowest BCUT2D eigenvalue weighted by molar-refractivity contribution is -0.493. The molecule has 0 radical (unpaired) electrons. The van der Waals surface area contributed by atoms with Gasteiger partial charge in [0.15, 0.2) is 17.2 Å². The van der Waals surface area contributed by atoms with E-state index in [0.29, 0.717) is 23.3 Å². The summed E-state index contributed by atoms with van der Waals surface area (Å²) in [6, 6.07) is 11.4. The van der Waals surface area contributed by atoms with Crippen molar-refractivity contribution in [1.29, 1.82) is 0 Å². The third kappa shape index (κ3) is 3.27. The van der Waals surface area contributed by atoms with Gasteiger partial charge in [0, 0.05) is 23.6 Å². The highest BCUT2D eigenvalue weighted by atomic mass is 16.5. The maximum absolute atomic E-state index is 12.4. The zero-order valence-electron chi connectivity index (χ0n) is 15.2. The van der Waals surface area contributed by atoms with Crippen molar-refractivity contribution in [1.82, 2.24) is 10.5 Å². The fourth-order valence-corrected chi connectivity index (χ4v) is 3.55. The number of amides is 1. The van der Waals surface area contributed by atoms with Gasteiger partial charge in [-0.1, -0.05) is 35.5 Å². The van der Waals surface area contributed by atoms with E-state index in [1.165, 1.54) is 0 Å². The van der Waals surface area contributed by atoms with E-state index in [1.807, 2.05) is 35.0 Å². The molecule has 1 N–H and O–H groups in total. The van der Waals surface area contributed by atoms with E-state index in [9.17, 15) is 4.79 Å². The summed E-state index contributed by atoms with van der Waals surface area (Å²) in [7, 11) is 0. The van der Waals surface area contributed by atoms with Crippen molar-refractivity contribution in [3.63, 3.8) is 0 Å². The van der Waals surface area contributed by atoms with E-state index < -0.39 is 0 Å². The third-order valence-corrected chi connectivity index (χ3v) is 5.32. The third-order valence-electron chi connectivity index (χ3n) is 5.32. The zero-order chi connectivity index (χ0) is 18.9. The van der Waals surface area contributed by atoms with E-state index in [2.05, 4.69) is 27.0 Å². The van der Waals surface area contributed by atoms with Crippen LogP contribution in [0.2, 0.25) is 0 Å². The first-order chi connectivity index (χ1) is 13.8. The van der Waals surface area contributed by atoms with Crippen LogP contribution in [-0.4, -0.2) is 41.2 Å². The largest absolute Gasteiger partial charge is 0.380 e. The van der Waals surface area contributed by atoms with Gasteiger partial charge in [0.1, 0.15) is 11.4 Å². The molecule has 0 bridgehead atoms. The molecule has 1 aromatic heterocycles. The molecule has 0 unspecified atom stereocenters. The number of hydrogen-bond donors (Lipinski definition) is 1. The van der Waals surface area contributed by atoms with Gasteiger partial charge in [-0.3, -0.25) is 4.79 Å². The maximum Gasteiger partial charge on any atom is 0.273 e. The molecule has 2 fully saturated rings. The Morgan fingerprint density at radius 1 is 1.21 bits per heavy atom. The van der Waals surface area contributed by atoms with E-state index >= 15 is 0 Å². The number of carbonyl (C=O) groups excluding carboxylic acids is 1. The summed E-state index contributed by atoms with van der Waals surface area (Å²) in [5.74, 6) is 1.13. The van der Waals surface area contributed by atoms with Crippen molar-refractivity contribution in [2.24, 2.45) is 22.2 Å². The Labute approximate surface area is 161 Å². The van der Waals surface area contributed by atoms with E-state index in [1.54, 1.807) is 12.3 Å². The van der Waals surface area contributed by atoms with Gasteiger partial charge >= 0.3 is 0 Å². The molecule has 2 aromatic rings. The average molecular weight is 378 g/mol. The lowest BCUT2D eigenvalue weighted by Gasteiger charge is -2.32. The van der Waals surface area contributed by atoms with Crippen LogP contribution >= 0.6 is 0 Å². The number of carbonyl (C=O) groups is 1. The highest BCUT2D eigenvalue weighted by molar-refractivity contribution is 5.93. The fraction of sp³-hybridized carbons (Fsp3) is 0.350. The first-order valence-electron chi connectivity index (χ1n) is 9.42. The number of rotatable bonds is 5. The molecule has 142 valence electrons. The Morgan fingerprint density at radius 3 is 2.79 bits per heavy atom. The Hall–Kier alpha value is -3.13. The van der Waals surface area contributed by atoms with Gasteiger partial charge in [0.2, 0.25) is 6.20 Å². The standard InChI is InChI=1S/C20H19N5O3/c26-20(17-8-19(28-23-17)14-4-2-1-3-5-14)22-16-6-13(7-16)10-25-18(9-21-24-25)15-11-27-12-15/h1-5,8-10,13,15-16H,6-7,11-12H2/p+1/b25-10-. The summed E-state index contributed by atoms with van der Waals surface area (Å²) in [6.45, 7) is 1.46. The Morgan fingerprint density at radius 2 is 2.04 bits per heavy atom. The van der Waals surface area contributed by atoms with Crippen LogP contribution in [0.1, 0.15) is 23.3 Å². The second-order valence-electron chi connectivity index (χ2n) is 7.33. The highest BCUT2D eigenvalue weighted by Crippen LogP contribution is 2.29. The molecule has 0 spiro atoms. The molecule has 2 aliphatic heterocycles. The van der Waals surface area contributed by atoms with E-state index in [0.717, 1.165) is 37.3 Å². The van der Waals surface area contributed by atoms with Gasteiger partial charge in [0.05, 0.1) is 24.2 Å². The van der Waals surface area contributed by atoms with Crippen LogP contribution in [0.15, 0.2) is 63.2 Å². The summed E-state index contributed by atoms with van der Waals surface area (Å²) in [6.07, 6.45) is 5.63. The molecule has 8 heteroatoms. The predicted octanol–water partition coefficient (Wildman–Crippen LogP) is 2.80. The zero-order valence-corrected chi connectivity index (χ0v) is 15.2. The van der Waals surface area contributed by atoms with Crippen molar-refractivity contribution in [2.75, 3.05) is 13.2 Å². The quantitative estimate of drug-likeness (QED) is 0.810. The van der Waals surface area contributed by atoms with Gasteiger partial charge < -0.3 is 14.6 Å². The van der Waals surface area contributed by atoms with Gasteiger partial charge in [-0.05, 0) is 12.8 Å². The summed E-state index contributed by atoms with van der Waals surface area (Å²) >= 11 is 0. The molecule has 8 nitrogen and oxygen atoms in total. The minimum absolute atomic E-state index is 0.129. The number of benzene rings is 1. The van der Waals surface area contributed by atoms with Crippen LogP contribution < -0.4 is 5.32 Å². The Kier molecular flexibility index (Phi) is 4.32. The van der Waals surface area contributed by atoms with Gasteiger partial charge in [-0.25, -0.2) is 0 Å². The molecule has 5 rings (SSSR count). The second-order valence-corrected chi connectivity index (χ2v) is 7.33. The summed E-state index contributed by atoms with van der Waals surface area (Å²) in [5, 5.41) is 15.1. The van der Waals surface area contributed by atoms with Crippen LogP contribution in [0.5, 0.6) is 0 Å². The first-order valence-corrected chi connectivity index (χ1v) is 9.42. The topological polar surface area (TPSA) is 92.1 Å². The summed E-state index contributed by atoms with van der Waals surface area (Å²) < 4.78 is 12.4. The van der Waals surface area contributed by atoms with Crippen molar-refractivity contribution < 1.29 is 18.7 Å². The fourth-order valence-electron chi connectivity index (χ4n) is 3.55. The first kappa shape index (κ1) is 17.0. The van der Waals surface area contributed by atoms with Crippen LogP contribution in [0, 0.1) is 11.8 Å². The predicted molar refractivity (Wildman–Crippen MR) is 99.5 cm³/mol. The molecule has 1 aromatic carbocycles. The highest BCUT2D eigenvalue weighted by Gasteiger charge is 2.36. The van der Waals surface area contributed by atoms with Crippen molar-refractivity contribution in [2.45, 2.75) is 18.9 Å². The van der Waals surface area contributed by atoms with Crippen molar-refractivity contribution in [3.05, 3.63) is 54.0 Å². The van der Waals surface area contributed by atoms with E-state index in [-0.39, 0.29) is 11.9 Å². The smallest absolute Gasteiger partial charge is 0.273 e. The number of aromatic nitrogens is 1. The minimum atomic E-state index is -0.206. The molecule has 1 aliphatic carbocycles. The van der Waals surface area contributed by atoms with Crippen LogP contribution in [0.25, 0.3) is 11.3 Å². The van der Waals surface area contributed by atoms with Crippen LogP contribution in [0.3, 0.4) is 0 Å². The van der Waals surface area contributed by atoms with Crippen LogP contribution in [-0.2, 0) is 4.74 Å². The molecule has 3 heterocycles. The van der Waals surface area contributed by atoms with Gasteiger partial charge in [0.25, 0.3) is 5.91 Å². The number of hydrogen-bond acceptors (Lipinski definition) is 6. The lowest BCUT2D eigenvalue weighted by atomic mass is 9.81. The number of nitrogens with zero attached hydrogens (tertiary/aromatic N) is 4. The van der Waals surface area contributed by atoms with Gasteiger partial charge in [-0.15, -0.1) is 4.68 Å². The molecular weight excluding hydrogens is 358 g/mol.